The topological polar surface area (TPSA) is 64.2 Å². The van der Waals surface area contributed by atoms with Crippen molar-refractivity contribution >= 4 is 34.9 Å². The Morgan fingerprint density at radius 1 is 1.03 bits per heavy atom. The molecule has 2 aromatic carbocycles. The van der Waals surface area contributed by atoms with Crippen LogP contribution in [-0.4, -0.2) is 20.1 Å². The second-order valence-electron chi connectivity index (χ2n) is 6.21. The number of hydrogen-bond donors (Lipinski definition) is 1. The molecule has 29 heavy (non-hydrogen) atoms. The van der Waals surface area contributed by atoms with Gasteiger partial charge in [0.15, 0.2) is 0 Å². The Labute approximate surface area is 175 Å². The third-order valence-electron chi connectivity index (χ3n) is 4.26. The van der Waals surface area contributed by atoms with Gasteiger partial charge in [-0.1, -0.05) is 41.9 Å². The number of phenols is 1. The molecule has 0 amide bonds. The zero-order valence-electron chi connectivity index (χ0n) is 15.0. The minimum Gasteiger partial charge on any atom is -0.508 e. The number of thiophene rings is 1. The predicted molar refractivity (Wildman–Crippen MR) is 116 cm³/mol. The van der Waals surface area contributed by atoms with Gasteiger partial charge >= 0.3 is 5.69 Å². The molecule has 0 unspecified atom stereocenters. The first-order chi connectivity index (χ1) is 14.0. The van der Waals surface area contributed by atoms with Crippen LogP contribution in [-0.2, 0) is 0 Å². The number of rotatable bonds is 4. The van der Waals surface area contributed by atoms with E-state index in [2.05, 4.69) is 0 Å². The Kier molecular flexibility index (Phi) is 5.20. The van der Waals surface area contributed by atoms with Gasteiger partial charge in [0.05, 0.1) is 20.6 Å². The Morgan fingerprint density at radius 2 is 1.83 bits per heavy atom. The summed E-state index contributed by atoms with van der Waals surface area (Å²) in [4.78, 5) is 26.7. The van der Waals surface area contributed by atoms with Gasteiger partial charge in [0.1, 0.15) is 5.75 Å². The summed E-state index contributed by atoms with van der Waals surface area (Å²) in [6.45, 7) is 0. The molecule has 7 heteroatoms. The zero-order valence-corrected chi connectivity index (χ0v) is 16.6. The first kappa shape index (κ1) is 19.0. The van der Waals surface area contributed by atoms with Crippen LogP contribution >= 0.6 is 22.9 Å². The molecule has 0 aliphatic rings. The predicted octanol–water partition coefficient (Wildman–Crippen LogP) is 5.08. The number of nitrogens with zero attached hydrogens (tertiary/aromatic N) is 2. The van der Waals surface area contributed by atoms with Gasteiger partial charge in [0.25, 0.3) is 5.91 Å². The lowest BCUT2D eigenvalue weighted by Crippen LogP contribution is -2.27. The van der Waals surface area contributed by atoms with Crippen molar-refractivity contribution in [2.75, 3.05) is 0 Å². The second kappa shape index (κ2) is 7.95. The molecule has 1 N–H and O–H groups in total. The first-order valence-corrected chi connectivity index (χ1v) is 9.89. The van der Waals surface area contributed by atoms with Crippen LogP contribution in [0.15, 0.2) is 83.8 Å². The highest BCUT2D eigenvalue weighted by atomic mass is 35.5. The van der Waals surface area contributed by atoms with Crippen LogP contribution in [0, 0.1) is 0 Å². The highest BCUT2D eigenvalue weighted by Crippen LogP contribution is 2.31. The number of aromatic nitrogens is 2. The van der Waals surface area contributed by atoms with E-state index in [9.17, 15) is 14.7 Å². The largest absolute Gasteiger partial charge is 0.508 e. The van der Waals surface area contributed by atoms with E-state index in [0.29, 0.717) is 26.2 Å². The molecule has 0 atom stereocenters. The molecular formula is C22H15ClN2O3S. The molecule has 4 rings (SSSR count). The molecule has 0 fully saturated rings. The third-order valence-corrected chi connectivity index (χ3v) is 5.51. The van der Waals surface area contributed by atoms with E-state index in [1.807, 2.05) is 18.2 Å². The van der Waals surface area contributed by atoms with Crippen LogP contribution in [0.2, 0.25) is 4.34 Å². The van der Waals surface area contributed by atoms with Gasteiger partial charge in [0, 0.05) is 12.3 Å². The van der Waals surface area contributed by atoms with Crippen molar-refractivity contribution in [2.45, 2.75) is 0 Å². The molecule has 2 heterocycles. The Bertz CT molecular complexity index is 1270. The SMILES string of the molecule is O=C(C=Cc1cccc(O)c1)n1c(-c2ccc(Cl)s2)cn(-c2ccccc2)c1=O. The van der Waals surface area contributed by atoms with E-state index in [0.717, 1.165) is 4.57 Å². The van der Waals surface area contributed by atoms with Gasteiger partial charge < -0.3 is 5.11 Å². The van der Waals surface area contributed by atoms with E-state index in [4.69, 9.17) is 11.6 Å². The van der Waals surface area contributed by atoms with Crippen molar-refractivity contribution in [2.24, 2.45) is 0 Å². The van der Waals surface area contributed by atoms with Crippen molar-refractivity contribution in [3.8, 4) is 22.0 Å². The number of para-hydroxylation sites is 1. The molecule has 0 radical (unpaired) electrons. The maximum absolute atomic E-state index is 13.1. The minimum absolute atomic E-state index is 0.0981. The number of aromatic hydroxyl groups is 1. The average Bonchev–Trinajstić information content (AvgIpc) is 3.30. The van der Waals surface area contributed by atoms with E-state index in [1.54, 1.807) is 54.7 Å². The highest BCUT2D eigenvalue weighted by Gasteiger charge is 2.19. The highest BCUT2D eigenvalue weighted by molar-refractivity contribution is 7.19. The van der Waals surface area contributed by atoms with E-state index in [-0.39, 0.29) is 5.75 Å². The molecule has 0 saturated heterocycles. The third kappa shape index (κ3) is 3.94. The van der Waals surface area contributed by atoms with E-state index in [1.165, 1.54) is 28.0 Å². The molecule has 0 spiro atoms. The molecule has 5 nitrogen and oxygen atoms in total. The molecule has 2 aromatic heterocycles. The molecule has 0 saturated carbocycles. The average molecular weight is 423 g/mol. The van der Waals surface area contributed by atoms with Gasteiger partial charge in [-0.15, -0.1) is 11.3 Å². The van der Waals surface area contributed by atoms with Gasteiger partial charge in [-0.3, -0.25) is 9.36 Å². The van der Waals surface area contributed by atoms with Gasteiger partial charge in [-0.25, -0.2) is 9.36 Å². The van der Waals surface area contributed by atoms with Gasteiger partial charge in [-0.2, -0.15) is 0 Å². The Balaban J connectivity index is 1.81. The maximum Gasteiger partial charge on any atom is 0.340 e. The zero-order chi connectivity index (χ0) is 20.4. The summed E-state index contributed by atoms with van der Waals surface area (Å²) in [5.74, 6) is -0.395. The summed E-state index contributed by atoms with van der Waals surface area (Å²) >= 11 is 7.35. The maximum atomic E-state index is 13.1. The van der Waals surface area contributed by atoms with Gasteiger partial charge in [0.2, 0.25) is 0 Å². The summed E-state index contributed by atoms with van der Waals surface area (Å²) < 4.78 is 3.12. The number of hydrogen-bond acceptors (Lipinski definition) is 4. The number of benzene rings is 2. The summed E-state index contributed by atoms with van der Waals surface area (Å²) in [7, 11) is 0. The molecule has 144 valence electrons. The normalized spacial score (nSPS) is 11.2. The minimum atomic E-state index is -0.493. The van der Waals surface area contributed by atoms with Crippen molar-refractivity contribution in [1.29, 1.82) is 0 Å². The van der Waals surface area contributed by atoms with Crippen LogP contribution < -0.4 is 5.69 Å². The number of phenolic OH excluding ortho intramolecular Hbond substituents is 1. The van der Waals surface area contributed by atoms with Crippen molar-refractivity contribution < 1.29 is 9.90 Å². The van der Waals surface area contributed by atoms with Gasteiger partial charge in [-0.05, 0) is 48.0 Å². The Hall–Kier alpha value is -3.35. The number of carbonyl (C=O) groups is 1. The molecule has 0 bridgehead atoms. The molecule has 4 aromatic rings. The van der Waals surface area contributed by atoms with Crippen LogP contribution in [0.4, 0.5) is 0 Å². The lowest BCUT2D eigenvalue weighted by Gasteiger charge is -2.01. The smallest absolute Gasteiger partial charge is 0.340 e. The summed E-state index contributed by atoms with van der Waals surface area (Å²) in [5.41, 5.74) is 1.29. The lowest BCUT2D eigenvalue weighted by atomic mass is 10.2. The Morgan fingerprint density at radius 3 is 2.52 bits per heavy atom. The van der Waals surface area contributed by atoms with Crippen LogP contribution in [0.25, 0.3) is 22.3 Å². The van der Waals surface area contributed by atoms with E-state index < -0.39 is 11.6 Å². The van der Waals surface area contributed by atoms with Crippen molar-refractivity contribution in [3.63, 3.8) is 0 Å². The quantitative estimate of drug-likeness (QED) is 0.466. The monoisotopic (exact) mass is 422 g/mol. The van der Waals surface area contributed by atoms with Crippen LogP contribution in [0.1, 0.15) is 10.4 Å². The fraction of sp³-hybridized carbons (Fsp3) is 0. The summed E-state index contributed by atoms with van der Waals surface area (Å²) in [5, 5.41) is 9.58. The van der Waals surface area contributed by atoms with E-state index >= 15 is 0 Å². The molecular weight excluding hydrogens is 408 g/mol. The first-order valence-electron chi connectivity index (χ1n) is 8.70. The number of imidazole rings is 1. The fourth-order valence-electron chi connectivity index (χ4n) is 2.93. The number of carbonyl (C=O) groups excluding carboxylic acids is 1. The number of halogens is 1. The lowest BCUT2D eigenvalue weighted by molar-refractivity contribution is 0.0967. The fourth-order valence-corrected chi connectivity index (χ4v) is 3.97. The summed E-state index contributed by atoms with van der Waals surface area (Å²) in [6.07, 6.45) is 4.50. The van der Waals surface area contributed by atoms with Crippen molar-refractivity contribution in [1.82, 2.24) is 9.13 Å². The standard InChI is InChI=1S/C22H15ClN2O3S/c23-20-11-10-19(29-20)18-14-24(16-6-2-1-3-7-16)22(28)25(18)21(27)12-9-15-5-4-8-17(26)13-15/h1-14,26H. The summed E-state index contributed by atoms with van der Waals surface area (Å²) in [6, 6.07) is 19.1. The van der Waals surface area contributed by atoms with Crippen molar-refractivity contribution in [3.05, 3.63) is 99.4 Å². The molecule has 0 aliphatic carbocycles. The second-order valence-corrected chi connectivity index (χ2v) is 7.92. The number of allylic oxidation sites excluding steroid dienone is 1. The molecule has 0 aliphatic heterocycles. The van der Waals surface area contributed by atoms with Crippen LogP contribution in [0.3, 0.4) is 0 Å². The van der Waals surface area contributed by atoms with Crippen LogP contribution in [0.5, 0.6) is 5.75 Å².